The quantitative estimate of drug-likeness (QED) is 0.933. The van der Waals surface area contributed by atoms with Crippen molar-refractivity contribution in [1.29, 1.82) is 0 Å². The van der Waals surface area contributed by atoms with Gasteiger partial charge >= 0.3 is 6.09 Å². The van der Waals surface area contributed by atoms with E-state index in [9.17, 15) is 9.90 Å². The van der Waals surface area contributed by atoms with Crippen LogP contribution in [-0.2, 0) is 11.2 Å². The summed E-state index contributed by atoms with van der Waals surface area (Å²) in [6.45, 7) is 3.23. The molecule has 1 N–H and O–H groups in total. The fraction of sp³-hybridized carbons (Fsp3) is 0.533. The molecule has 0 aliphatic carbocycles. The summed E-state index contributed by atoms with van der Waals surface area (Å²) in [5, 5.41) is 11.3. The number of halogens is 1. The zero-order chi connectivity index (χ0) is 14.6. The van der Waals surface area contributed by atoms with Crippen LogP contribution in [0.15, 0.2) is 24.3 Å². The molecule has 110 valence electrons. The molecule has 0 spiro atoms. The minimum absolute atomic E-state index is 0.291. The Morgan fingerprint density at radius 2 is 1.95 bits per heavy atom. The van der Waals surface area contributed by atoms with Gasteiger partial charge in [0.25, 0.3) is 0 Å². The van der Waals surface area contributed by atoms with Crippen LogP contribution in [0.4, 0.5) is 4.79 Å². The number of nitrogens with zero attached hydrogens (tertiary/aromatic N) is 1. The minimum Gasteiger partial charge on any atom is -0.450 e. The van der Waals surface area contributed by atoms with Crippen LogP contribution in [0.2, 0.25) is 5.02 Å². The molecule has 2 rings (SSSR count). The average Bonchev–Trinajstić information content (AvgIpc) is 2.42. The summed E-state index contributed by atoms with van der Waals surface area (Å²) in [5.41, 5.74) is 0.304. The maximum atomic E-state index is 11.6. The Labute approximate surface area is 124 Å². The summed E-state index contributed by atoms with van der Waals surface area (Å²) in [6.07, 6.45) is 1.42. The molecule has 0 radical (unpaired) electrons. The molecule has 1 saturated heterocycles. The summed E-state index contributed by atoms with van der Waals surface area (Å²) in [7, 11) is 0. The predicted octanol–water partition coefficient (Wildman–Crippen LogP) is 2.87. The third-order valence-electron chi connectivity index (χ3n) is 3.67. The summed E-state index contributed by atoms with van der Waals surface area (Å²) < 4.78 is 4.97. The number of carbonyl (C=O) groups excluding carboxylic acids is 1. The number of amides is 1. The van der Waals surface area contributed by atoms with E-state index in [0.29, 0.717) is 44.0 Å². The van der Waals surface area contributed by atoms with E-state index >= 15 is 0 Å². The molecule has 4 nitrogen and oxygen atoms in total. The first kappa shape index (κ1) is 15.1. The average molecular weight is 298 g/mol. The second-order valence-corrected chi connectivity index (χ2v) is 5.65. The number of hydrogen-bond acceptors (Lipinski definition) is 3. The van der Waals surface area contributed by atoms with Crippen molar-refractivity contribution in [3.63, 3.8) is 0 Å². The SMILES string of the molecule is CCOC(=O)N1CCC(O)(Cc2ccc(Cl)cc2)CC1. The predicted molar refractivity (Wildman–Crippen MR) is 77.9 cm³/mol. The molecule has 20 heavy (non-hydrogen) atoms. The van der Waals surface area contributed by atoms with Crippen LogP contribution in [-0.4, -0.2) is 41.4 Å². The molecule has 1 fully saturated rings. The van der Waals surface area contributed by atoms with Gasteiger partial charge in [-0.1, -0.05) is 23.7 Å². The van der Waals surface area contributed by atoms with Crippen LogP contribution in [0.1, 0.15) is 25.3 Å². The highest BCUT2D eigenvalue weighted by atomic mass is 35.5. The third kappa shape index (κ3) is 3.87. The maximum absolute atomic E-state index is 11.6. The summed E-state index contributed by atoms with van der Waals surface area (Å²) in [6, 6.07) is 7.51. The first-order chi connectivity index (χ1) is 9.52. The van der Waals surface area contributed by atoms with Crippen molar-refractivity contribution in [3.8, 4) is 0 Å². The van der Waals surface area contributed by atoms with E-state index in [2.05, 4.69) is 0 Å². The lowest BCUT2D eigenvalue weighted by Crippen LogP contribution is -2.47. The molecule has 1 aliphatic heterocycles. The number of piperidine rings is 1. The highest BCUT2D eigenvalue weighted by Gasteiger charge is 2.34. The highest BCUT2D eigenvalue weighted by Crippen LogP contribution is 2.27. The molecule has 1 aliphatic rings. The van der Waals surface area contributed by atoms with Gasteiger partial charge in [-0.05, 0) is 37.5 Å². The Bertz CT molecular complexity index is 453. The van der Waals surface area contributed by atoms with E-state index < -0.39 is 5.60 Å². The standard InChI is InChI=1S/C15H20ClNO3/c1-2-20-14(18)17-9-7-15(19,8-10-17)11-12-3-5-13(16)6-4-12/h3-6,19H,2,7-11H2,1H3. The van der Waals surface area contributed by atoms with E-state index in [1.165, 1.54) is 0 Å². The summed E-state index contributed by atoms with van der Waals surface area (Å²) >= 11 is 5.85. The number of carbonyl (C=O) groups is 1. The maximum Gasteiger partial charge on any atom is 0.409 e. The number of aliphatic hydroxyl groups is 1. The Morgan fingerprint density at radius 1 is 1.35 bits per heavy atom. The molecule has 1 aromatic carbocycles. The molecule has 0 aromatic heterocycles. The van der Waals surface area contributed by atoms with Gasteiger partial charge in [0, 0.05) is 24.5 Å². The van der Waals surface area contributed by atoms with Gasteiger partial charge in [-0.3, -0.25) is 0 Å². The Morgan fingerprint density at radius 3 is 2.50 bits per heavy atom. The number of hydrogen-bond donors (Lipinski definition) is 1. The first-order valence-corrected chi connectivity index (χ1v) is 7.29. The molecular weight excluding hydrogens is 278 g/mol. The van der Waals surface area contributed by atoms with Gasteiger partial charge in [-0.2, -0.15) is 0 Å². The lowest BCUT2D eigenvalue weighted by molar-refractivity contribution is -0.0194. The van der Waals surface area contributed by atoms with Gasteiger partial charge in [0.15, 0.2) is 0 Å². The fourth-order valence-electron chi connectivity index (χ4n) is 2.48. The van der Waals surface area contributed by atoms with E-state index in [4.69, 9.17) is 16.3 Å². The van der Waals surface area contributed by atoms with E-state index in [1.807, 2.05) is 24.3 Å². The second-order valence-electron chi connectivity index (χ2n) is 5.21. The van der Waals surface area contributed by atoms with Gasteiger partial charge in [0.1, 0.15) is 0 Å². The zero-order valence-electron chi connectivity index (χ0n) is 11.6. The molecule has 1 heterocycles. The van der Waals surface area contributed by atoms with Crippen molar-refractivity contribution in [2.24, 2.45) is 0 Å². The van der Waals surface area contributed by atoms with Gasteiger partial charge in [0.2, 0.25) is 0 Å². The molecule has 0 saturated carbocycles. The first-order valence-electron chi connectivity index (χ1n) is 6.91. The minimum atomic E-state index is -0.753. The lowest BCUT2D eigenvalue weighted by Gasteiger charge is -2.37. The van der Waals surface area contributed by atoms with Crippen molar-refractivity contribution >= 4 is 17.7 Å². The molecule has 1 aromatic rings. The van der Waals surface area contributed by atoms with Gasteiger partial charge in [0.05, 0.1) is 12.2 Å². The van der Waals surface area contributed by atoms with Crippen LogP contribution in [0.3, 0.4) is 0 Å². The number of benzene rings is 1. The van der Waals surface area contributed by atoms with E-state index in [0.717, 1.165) is 5.56 Å². The molecular formula is C15H20ClNO3. The number of rotatable bonds is 3. The molecule has 0 unspecified atom stereocenters. The summed E-state index contributed by atoms with van der Waals surface area (Å²) in [4.78, 5) is 13.3. The van der Waals surface area contributed by atoms with E-state index in [1.54, 1.807) is 11.8 Å². The molecule has 5 heteroatoms. The van der Waals surface area contributed by atoms with Crippen LogP contribution in [0.5, 0.6) is 0 Å². The van der Waals surface area contributed by atoms with Crippen molar-refractivity contribution < 1.29 is 14.6 Å². The van der Waals surface area contributed by atoms with Crippen molar-refractivity contribution in [2.45, 2.75) is 31.8 Å². The van der Waals surface area contributed by atoms with Gasteiger partial charge in [-0.25, -0.2) is 4.79 Å². The monoisotopic (exact) mass is 297 g/mol. The van der Waals surface area contributed by atoms with Crippen LogP contribution in [0.25, 0.3) is 0 Å². The lowest BCUT2D eigenvalue weighted by atomic mass is 9.85. The fourth-order valence-corrected chi connectivity index (χ4v) is 2.61. The van der Waals surface area contributed by atoms with Crippen LogP contribution < -0.4 is 0 Å². The smallest absolute Gasteiger partial charge is 0.409 e. The topological polar surface area (TPSA) is 49.8 Å². The van der Waals surface area contributed by atoms with Crippen molar-refractivity contribution in [2.75, 3.05) is 19.7 Å². The third-order valence-corrected chi connectivity index (χ3v) is 3.92. The van der Waals surface area contributed by atoms with Gasteiger partial charge < -0.3 is 14.7 Å². The summed E-state index contributed by atoms with van der Waals surface area (Å²) in [5.74, 6) is 0. The number of ether oxygens (including phenoxy) is 1. The molecule has 1 amide bonds. The number of likely N-dealkylation sites (tertiary alicyclic amines) is 1. The Hall–Kier alpha value is -1.26. The zero-order valence-corrected chi connectivity index (χ0v) is 12.4. The van der Waals surface area contributed by atoms with Crippen molar-refractivity contribution in [1.82, 2.24) is 4.90 Å². The molecule has 0 atom stereocenters. The van der Waals surface area contributed by atoms with E-state index in [-0.39, 0.29) is 6.09 Å². The van der Waals surface area contributed by atoms with Gasteiger partial charge in [-0.15, -0.1) is 0 Å². The largest absolute Gasteiger partial charge is 0.450 e. The van der Waals surface area contributed by atoms with Crippen molar-refractivity contribution in [3.05, 3.63) is 34.9 Å². The Balaban J connectivity index is 1.91. The second kappa shape index (κ2) is 6.46. The Kier molecular flexibility index (Phi) is 4.89. The molecule has 0 bridgehead atoms. The normalized spacial score (nSPS) is 17.9. The van der Waals surface area contributed by atoms with Crippen LogP contribution in [0, 0.1) is 0 Å². The van der Waals surface area contributed by atoms with Crippen LogP contribution >= 0.6 is 11.6 Å². The highest BCUT2D eigenvalue weighted by molar-refractivity contribution is 6.30.